The summed E-state index contributed by atoms with van der Waals surface area (Å²) in [6.07, 6.45) is 49.6. The Hall–Kier alpha value is -0.760. The maximum absolute atomic E-state index is 12.9. The van der Waals surface area contributed by atoms with Crippen LogP contribution in [0.2, 0.25) is 0 Å². The van der Waals surface area contributed by atoms with E-state index in [2.05, 4.69) is 31.3 Å². The molecule has 8 nitrogen and oxygen atoms in total. The number of amides is 1. The van der Waals surface area contributed by atoms with Crippen molar-refractivity contribution in [1.82, 2.24) is 5.32 Å². The summed E-state index contributed by atoms with van der Waals surface area (Å²) < 4.78 is 23.7. The van der Waals surface area contributed by atoms with E-state index in [1.807, 2.05) is 21.1 Å². The van der Waals surface area contributed by atoms with Gasteiger partial charge in [0.2, 0.25) is 5.91 Å². The lowest BCUT2D eigenvalue weighted by Crippen LogP contribution is -2.46. The minimum Gasteiger partial charge on any atom is -0.391 e. The molecule has 0 aliphatic carbocycles. The molecule has 0 aliphatic heterocycles. The molecule has 9 heteroatoms. The maximum atomic E-state index is 12.9. The predicted molar refractivity (Wildman–Crippen MR) is 254 cm³/mol. The zero-order valence-corrected chi connectivity index (χ0v) is 40.9. The van der Waals surface area contributed by atoms with Gasteiger partial charge in [0.1, 0.15) is 13.2 Å². The fourth-order valence-corrected chi connectivity index (χ4v) is 8.43. The van der Waals surface area contributed by atoms with Gasteiger partial charge in [-0.2, -0.15) is 0 Å². The fraction of sp³-hybridized carbons (Fsp3) is 0.940. The van der Waals surface area contributed by atoms with E-state index in [-0.39, 0.29) is 19.1 Å². The third-order valence-corrected chi connectivity index (χ3v) is 12.7. The van der Waals surface area contributed by atoms with Crippen LogP contribution in [0, 0.1) is 0 Å². The molecular formula is C50H102N2O6P+. The quantitative estimate of drug-likeness (QED) is 0.0244. The van der Waals surface area contributed by atoms with Crippen molar-refractivity contribution in [3.8, 4) is 0 Å². The first-order valence-corrected chi connectivity index (χ1v) is 27.0. The average molecular weight is 858 g/mol. The van der Waals surface area contributed by atoms with Crippen molar-refractivity contribution in [3.63, 3.8) is 0 Å². The third kappa shape index (κ3) is 45.1. The number of nitrogens with zero attached hydrogens (tertiary/aromatic N) is 1. The van der Waals surface area contributed by atoms with Crippen LogP contribution in [0.5, 0.6) is 0 Å². The molecule has 0 fully saturated rings. The van der Waals surface area contributed by atoms with Crippen LogP contribution >= 0.6 is 7.82 Å². The van der Waals surface area contributed by atoms with E-state index < -0.39 is 20.0 Å². The van der Waals surface area contributed by atoms with Crippen molar-refractivity contribution in [2.75, 3.05) is 40.9 Å². The number of carbonyl (C=O) groups excluding carboxylic acids is 1. The highest BCUT2D eigenvalue weighted by atomic mass is 31.2. The molecule has 0 saturated carbocycles. The summed E-state index contributed by atoms with van der Waals surface area (Å²) in [5.41, 5.74) is 0. The van der Waals surface area contributed by atoms with E-state index in [4.69, 9.17) is 9.05 Å². The first-order chi connectivity index (χ1) is 28.5. The summed E-state index contributed by atoms with van der Waals surface area (Å²) in [4.78, 5) is 23.2. The number of unbranched alkanes of at least 4 members (excludes halogenated alkanes) is 32. The monoisotopic (exact) mass is 858 g/mol. The molecule has 3 unspecified atom stereocenters. The zero-order valence-electron chi connectivity index (χ0n) is 40.0. The number of rotatable bonds is 47. The molecule has 0 aliphatic rings. The predicted octanol–water partition coefficient (Wildman–Crippen LogP) is 14.7. The summed E-state index contributed by atoms with van der Waals surface area (Å²) >= 11 is 0. The second-order valence-electron chi connectivity index (χ2n) is 18.9. The summed E-state index contributed by atoms with van der Waals surface area (Å²) in [6.45, 7) is 4.90. The molecule has 0 aromatic rings. The Bertz CT molecular complexity index is 974. The smallest absolute Gasteiger partial charge is 0.391 e. The van der Waals surface area contributed by atoms with Crippen LogP contribution in [-0.4, -0.2) is 73.4 Å². The standard InChI is InChI=1S/C50H101N2O6P/c1-6-8-10-12-14-16-18-20-22-23-24-25-26-27-28-30-31-33-35-37-39-41-43-49(53)48(47-58-59(55,56)57-46-45-52(3,4)5)51-50(54)44-42-40-38-36-34-32-29-21-19-17-15-13-11-9-7-2/h21,29,48-49,53H,6-20,22-28,30-47H2,1-5H3,(H-,51,54,55,56)/p+1/b29-21-. The van der Waals surface area contributed by atoms with Crippen LogP contribution in [0.25, 0.3) is 0 Å². The number of phosphoric acid groups is 1. The van der Waals surface area contributed by atoms with Gasteiger partial charge < -0.3 is 19.8 Å². The lowest BCUT2D eigenvalue weighted by Gasteiger charge is -2.26. The van der Waals surface area contributed by atoms with E-state index in [1.165, 1.54) is 173 Å². The number of carbonyl (C=O) groups is 1. The lowest BCUT2D eigenvalue weighted by molar-refractivity contribution is -0.870. The lowest BCUT2D eigenvalue weighted by atomic mass is 10.0. The molecule has 0 heterocycles. The van der Waals surface area contributed by atoms with Gasteiger partial charge in [0, 0.05) is 6.42 Å². The van der Waals surface area contributed by atoms with E-state index in [1.54, 1.807) is 0 Å². The van der Waals surface area contributed by atoms with Crippen LogP contribution in [-0.2, 0) is 18.4 Å². The van der Waals surface area contributed by atoms with Gasteiger partial charge in [-0.1, -0.05) is 219 Å². The Balaban J connectivity index is 4.23. The van der Waals surface area contributed by atoms with Crippen molar-refractivity contribution in [2.24, 2.45) is 0 Å². The van der Waals surface area contributed by atoms with Crippen LogP contribution in [0.1, 0.15) is 251 Å². The molecule has 0 bridgehead atoms. The Labute approximate surface area is 367 Å². The van der Waals surface area contributed by atoms with Crippen molar-refractivity contribution < 1.29 is 32.9 Å². The average Bonchev–Trinajstić information content (AvgIpc) is 3.19. The van der Waals surface area contributed by atoms with Crippen molar-refractivity contribution >= 4 is 13.7 Å². The van der Waals surface area contributed by atoms with Gasteiger partial charge in [0.25, 0.3) is 0 Å². The van der Waals surface area contributed by atoms with Crippen LogP contribution in [0.4, 0.5) is 0 Å². The highest BCUT2D eigenvalue weighted by molar-refractivity contribution is 7.47. The van der Waals surface area contributed by atoms with E-state index in [0.29, 0.717) is 23.9 Å². The number of aliphatic hydroxyl groups excluding tert-OH is 1. The summed E-state index contributed by atoms with van der Waals surface area (Å²) in [5.74, 6) is -0.150. The first-order valence-electron chi connectivity index (χ1n) is 25.6. The summed E-state index contributed by atoms with van der Waals surface area (Å²) in [7, 11) is 1.62. The number of quaternary nitrogens is 1. The highest BCUT2D eigenvalue weighted by Gasteiger charge is 2.28. The summed E-state index contributed by atoms with van der Waals surface area (Å²) in [6, 6.07) is -0.761. The minimum absolute atomic E-state index is 0.0752. The van der Waals surface area contributed by atoms with Gasteiger partial charge in [0.05, 0.1) is 39.9 Å². The molecule has 0 rings (SSSR count). The molecule has 0 aromatic heterocycles. The number of nitrogens with one attached hydrogen (secondary N) is 1. The van der Waals surface area contributed by atoms with Gasteiger partial charge in [-0.15, -0.1) is 0 Å². The van der Waals surface area contributed by atoms with E-state index in [0.717, 1.165) is 51.4 Å². The second-order valence-corrected chi connectivity index (χ2v) is 20.4. The van der Waals surface area contributed by atoms with Gasteiger partial charge in [-0.25, -0.2) is 4.57 Å². The normalized spacial score (nSPS) is 14.2. The van der Waals surface area contributed by atoms with Crippen molar-refractivity contribution in [3.05, 3.63) is 12.2 Å². The topological polar surface area (TPSA) is 105 Å². The van der Waals surface area contributed by atoms with E-state index in [9.17, 15) is 19.4 Å². The Morgan fingerprint density at radius 3 is 1.31 bits per heavy atom. The number of hydrogen-bond acceptors (Lipinski definition) is 5. The largest absolute Gasteiger partial charge is 0.472 e. The van der Waals surface area contributed by atoms with Crippen LogP contribution in [0.15, 0.2) is 12.2 Å². The Morgan fingerprint density at radius 1 is 0.559 bits per heavy atom. The number of aliphatic hydroxyl groups is 1. The van der Waals surface area contributed by atoms with Gasteiger partial charge in [-0.05, 0) is 38.5 Å². The molecule has 1 amide bonds. The SMILES string of the molecule is CCCCCCCC/C=C\CCCCCCCC(=O)NC(COP(=O)(O)OCC[N+](C)(C)C)C(O)CCCCCCCCCCCCCCCCCCCCCCCC. The van der Waals surface area contributed by atoms with Gasteiger partial charge in [0.15, 0.2) is 0 Å². The molecule has 0 radical (unpaired) electrons. The van der Waals surface area contributed by atoms with E-state index >= 15 is 0 Å². The molecular weight excluding hydrogens is 756 g/mol. The molecule has 3 atom stereocenters. The molecule has 0 saturated heterocycles. The molecule has 3 N–H and O–H groups in total. The zero-order chi connectivity index (χ0) is 43.6. The Kier molecular flexibility index (Phi) is 42.0. The molecule has 0 aromatic carbocycles. The van der Waals surface area contributed by atoms with Crippen LogP contribution in [0.3, 0.4) is 0 Å². The van der Waals surface area contributed by atoms with Gasteiger partial charge >= 0.3 is 7.82 Å². The molecule has 0 spiro atoms. The highest BCUT2D eigenvalue weighted by Crippen LogP contribution is 2.43. The van der Waals surface area contributed by atoms with Crippen molar-refractivity contribution in [1.29, 1.82) is 0 Å². The Morgan fingerprint density at radius 2 is 0.915 bits per heavy atom. The maximum Gasteiger partial charge on any atom is 0.472 e. The second kappa shape index (κ2) is 42.5. The summed E-state index contributed by atoms with van der Waals surface area (Å²) in [5, 5.41) is 14.0. The van der Waals surface area contributed by atoms with Crippen molar-refractivity contribution in [2.45, 2.75) is 264 Å². The minimum atomic E-state index is -4.32. The number of hydrogen-bond donors (Lipinski definition) is 3. The van der Waals surface area contributed by atoms with Gasteiger partial charge in [-0.3, -0.25) is 13.8 Å². The third-order valence-electron chi connectivity index (χ3n) is 11.8. The van der Waals surface area contributed by atoms with Crippen LogP contribution < -0.4 is 5.32 Å². The fourth-order valence-electron chi connectivity index (χ4n) is 7.69. The number of phosphoric ester groups is 1. The first kappa shape index (κ1) is 58.2. The molecule has 352 valence electrons. The number of allylic oxidation sites excluding steroid dienone is 2. The molecule has 59 heavy (non-hydrogen) atoms. The number of likely N-dealkylation sites (N-methyl/N-ethyl adjacent to an activating group) is 1.